The number of nitrogens with zero attached hydrogens (tertiary/aromatic N) is 2. The van der Waals surface area contributed by atoms with Crippen LogP contribution in [0.25, 0.3) is 0 Å². The van der Waals surface area contributed by atoms with Gasteiger partial charge in [0.2, 0.25) is 0 Å². The molecule has 6 heteroatoms. The molecule has 1 heterocycles. The van der Waals surface area contributed by atoms with Crippen LogP contribution in [0.2, 0.25) is 0 Å². The summed E-state index contributed by atoms with van der Waals surface area (Å²) < 4.78 is 7.22. The Balaban J connectivity index is 2.20. The largest absolute Gasteiger partial charge is 0.504 e. The van der Waals surface area contributed by atoms with E-state index in [1.54, 1.807) is 22.8 Å². The molecule has 0 amide bonds. The van der Waals surface area contributed by atoms with E-state index >= 15 is 0 Å². The average molecular weight is 276 g/mol. The number of ether oxygens (including phenoxy) is 1. The van der Waals surface area contributed by atoms with Crippen LogP contribution in [0.4, 0.5) is 0 Å². The number of para-hydroxylation sites is 2. The van der Waals surface area contributed by atoms with Crippen LogP contribution in [0.1, 0.15) is 36.2 Å². The van der Waals surface area contributed by atoms with Crippen molar-refractivity contribution in [2.24, 2.45) is 0 Å². The third kappa shape index (κ3) is 2.90. The Bertz CT molecular complexity index is 619. The monoisotopic (exact) mass is 276 g/mol. The minimum Gasteiger partial charge on any atom is -0.504 e. The lowest BCUT2D eigenvalue weighted by Crippen LogP contribution is -2.08. The van der Waals surface area contributed by atoms with Gasteiger partial charge in [-0.1, -0.05) is 12.1 Å². The second-order valence-corrected chi connectivity index (χ2v) is 4.60. The van der Waals surface area contributed by atoms with Gasteiger partial charge in [0, 0.05) is 12.2 Å². The molecule has 0 bridgehead atoms. The molecule has 1 aromatic carbocycles. The number of carboxylic acids is 1. The predicted octanol–water partition coefficient (Wildman–Crippen LogP) is 2.45. The number of imidazole rings is 1. The predicted molar refractivity (Wildman–Crippen MR) is 72.0 cm³/mol. The normalized spacial score (nSPS) is 10.8. The van der Waals surface area contributed by atoms with Gasteiger partial charge in [0.05, 0.1) is 0 Å². The highest BCUT2D eigenvalue weighted by Crippen LogP contribution is 2.25. The molecule has 0 fully saturated rings. The van der Waals surface area contributed by atoms with Crippen molar-refractivity contribution >= 4 is 5.97 Å². The van der Waals surface area contributed by atoms with Crippen molar-refractivity contribution in [2.45, 2.75) is 26.5 Å². The molecule has 2 aromatic rings. The van der Waals surface area contributed by atoms with Crippen LogP contribution in [0.3, 0.4) is 0 Å². The lowest BCUT2D eigenvalue weighted by Gasteiger charge is -2.12. The molecule has 0 unspecified atom stereocenters. The highest BCUT2D eigenvalue weighted by atomic mass is 16.5. The number of rotatable bonds is 5. The lowest BCUT2D eigenvalue weighted by atomic mass is 10.3. The Hall–Kier alpha value is -2.50. The molecular weight excluding hydrogens is 260 g/mol. The maximum Gasteiger partial charge on any atom is 0.356 e. The summed E-state index contributed by atoms with van der Waals surface area (Å²) in [5, 5.41) is 18.6. The Morgan fingerprint density at radius 2 is 2.10 bits per heavy atom. The number of hydrogen-bond acceptors (Lipinski definition) is 4. The standard InChI is InChI=1S/C14H16N2O4/c1-9(2)16-7-10(14(18)19)15-13(16)8-20-12-6-4-3-5-11(12)17/h3-7,9,17H,8H2,1-2H3,(H,18,19). The summed E-state index contributed by atoms with van der Waals surface area (Å²) in [4.78, 5) is 15.0. The van der Waals surface area contributed by atoms with Crippen LogP contribution in [0, 0.1) is 0 Å². The highest BCUT2D eigenvalue weighted by molar-refractivity contribution is 5.85. The quantitative estimate of drug-likeness (QED) is 0.876. The smallest absolute Gasteiger partial charge is 0.356 e. The van der Waals surface area contributed by atoms with E-state index in [2.05, 4.69) is 4.98 Å². The molecule has 2 N–H and O–H groups in total. The van der Waals surface area contributed by atoms with Gasteiger partial charge in [0.1, 0.15) is 12.4 Å². The molecule has 0 atom stereocenters. The fourth-order valence-corrected chi connectivity index (χ4v) is 1.81. The summed E-state index contributed by atoms with van der Waals surface area (Å²) in [5.41, 5.74) is -0.0189. The Labute approximate surface area is 116 Å². The molecule has 0 spiro atoms. The van der Waals surface area contributed by atoms with Crippen LogP contribution in [-0.4, -0.2) is 25.7 Å². The van der Waals surface area contributed by atoms with Crippen molar-refractivity contribution in [2.75, 3.05) is 0 Å². The molecule has 2 rings (SSSR count). The van der Waals surface area contributed by atoms with E-state index in [0.717, 1.165) is 0 Å². The Kier molecular flexibility index (Phi) is 3.93. The molecular formula is C14H16N2O4. The van der Waals surface area contributed by atoms with E-state index in [4.69, 9.17) is 9.84 Å². The lowest BCUT2D eigenvalue weighted by molar-refractivity contribution is 0.0690. The number of aromatic carboxylic acids is 1. The number of aromatic hydroxyl groups is 1. The van der Waals surface area contributed by atoms with Crippen molar-refractivity contribution in [3.05, 3.63) is 42.0 Å². The molecule has 106 valence electrons. The summed E-state index contributed by atoms with van der Waals surface area (Å²) >= 11 is 0. The number of carbonyl (C=O) groups is 1. The van der Waals surface area contributed by atoms with Gasteiger partial charge in [-0.15, -0.1) is 0 Å². The van der Waals surface area contributed by atoms with Gasteiger partial charge >= 0.3 is 5.97 Å². The van der Waals surface area contributed by atoms with Crippen molar-refractivity contribution in [1.82, 2.24) is 9.55 Å². The molecule has 0 radical (unpaired) electrons. The van der Waals surface area contributed by atoms with Gasteiger partial charge in [-0.2, -0.15) is 0 Å². The van der Waals surface area contributed by atoms with Crippen molar-refractivity contribution in [1.29, 1.82) is 0 Å². The summed E-state index contributed by atoms with van der Waals surface area (Å²) in [6.45, 7) is 3.94. The summed E-state index contributed by atoms with van der Waals surface area (Å²) in [6, 6.07) is 6.66. The van der Waals surface area contributed by atoms with Crippen LogP contribution < -0.4 is 4.74 Å². The third-order valence-electron chi connectivity index (χ3n) is 2.81. The topological polar surface area (TPSA) is 84.6 Å². The first kappa shape index (κ1) is 13.9. The van der Waals surface area contributed by atoms with Crippen molar-refractivity contribution in [3.8, 4) is 11.5 Å². The number of hydrogen-bond donors (Lipinski definition) is 2. The minimum absolute atomic E-state index is 0.0189. The zero-order valence-corrected chi connectivity index (χ0v) is 11.3. The number of phenols is 1. The maximum absolute atomic E-state index is 11.0. The number of carboxylic acid groups (broad SMARTS) is 1. The van der Waals surface area contributed by atoms with E-state index in [-0.39, 0.29) is 24.1 Å². The highest BCUT2D eigenvalue weighted by Gasteiger charge is 2.15. The molecule has 0 aliphatic heterocycles. The van der Waals surface area contributed by atoms with E-state index in [0.29, 0.717) is 11.6 Å². The fourth-order valence-electron chi connectivity index (χ4n) is 1.81. The number of benzene rings is 1. The van der Waals surface area contributed by atoms with Gasteiger partial charge < -0.3 is 19.5 Å². The van der Waals surface area contributed by atoms with E-state index < -0.39 is 5.97 Å². The SMILES string of the molecule is CC(C)n1cc(C(=O)O)nc1COc1ccccc1O. The van der Waals surface area contributed by atoms with Crippen LogP contribution >= 0.6 is 0 Å². The zero-order valence-electron chi connectivity index (χ0n) is 11.3. The summed E-state index contributed by atoms with van der Waals surface area (Å²) in [5.74, 6) is -0.204. The molecule has 0 saturated heterocycles. The zero-order chi connectivity index (χ0) is 14.7. The first-order chi connectivity index (χ1) is 9.49. The molecule has 6 nitrogen and oxygen atoms in total. The average Bonchev–Trinajstić information content (AvgIpc) is 2.82. The van der Waals surface area contributed by atoms with Gasteiger partial charge in [-0.3, -0.25) is 0 Å². The number of phenolic OH excluding ortho intramolecular Hbond substituents is 1. The minimum atomic E-state index is -1.08. The number of aromatic nitrogens is 2. The molecule has 20 heavy (non-hydrogen) atoms. The summed E-state index contributed by atoms with van der Waals surface area (Å²) in [6.07, 6.45) is 1.48. The Morgan fingerprint density at radius 1 is 1.40 bits per heavy atom. The summed E-state index contributed by atoms with van der Waals surface area (Å²) in [7, 11) is 0. The first-order valence-corrected chi connectivity index (χ1v) is 6.21. The van der Waals surface area contributed by atoms with E-state index in [1.165, 1.54) is 12.3 Å². The van der Waals surface area contributed by atoms with Crippen LogP contribution in [0.5, 0.6) is 11.5 Å². The Morgan fingerprint density at radius 3 is 2.70 bits per heavy atom. The van der Waals surface area contributed by atoms with E-state index in [1.807, 2.05) is 13.8 Å². The fraction of sp³-hybridized carbons (Fsp3) is 0.286. The molecule has 0 aliphatic rings. The first-order valence-electron chi connectivity index (χ1n) is 6.21. The molecule has 1 aromatic heterocycles. The van der Waals surface area contributed by atoms with Crippen molar-refractivity contribution < 1.29 is 19.7 Å². The van der Waals surface area contributed by atoms with Gasteiger partial charge in [-0.05, 0) is 26.0 Å². The molecule has 0 aliphatic carbocycles. The molecule has 0 saturated carbocycles. The third-order valence-corrected chi connectivity index (χ3v) is 2.81. The van der Waals surface area contributed by atoms with Crippen molar-refractivity contribution in [3.63, 3.8) is 0 Å². The van der Waals surface area contributed by atoms with Gasteiger partial charge in [0.25, 0.3) is 0 Å². The van der Waals surface area contributed by atoms with Gasteiger partial charge in [0.15, 0.2) is 17.2 Å². The van der Waals surface area contributed by atoms with Crippen LogP contribution in [0.15, 0.2) is 30.5 Å². The van der Waals surface area contributed by atoms with E-state index in [9.17, 15) is 9.90 Å². The second kappa shape index (κ2) is 5.64. The maximum atomic E-state index is 11.0. The second-order valence-electron chi connectivity index (χ2n) is 4.60. The van der Waals surface area contributed by atoms with Crippen LogP contribution in [-0.2, 0) is 6.61 Å². The van der Waals surface area contributed by atoms with Gasteiger partial charge in [-0.25, -0.2) is 9.78 Å².